The molecule has 0 bridgehead atoms. The molecule has 7 nitrogen and oxygen atoms in total. The number of hydrogen-bond donors (Lipinski definition) is 2. The molecule has 0 radical (unpaired) electrons. The number of halogens is 1. The van der Waals surface area contributed by atoms with Gasteiger partial charge in [-0.1, -0.05) is 47.6 Å². The van der Waals surface area contributed by atoms with Gasteiger partial charge < -0.3 is 5.84 Å². The van der Waals surface area contributed by atoms with Gasteiger partial charge in [0, 0.05) is 17.0 Å². The van der Waals surface area contributed by atoms with Crippen LogP contribution in [0.15, 0.2) is 58.9 Å². The van der Waals surface area contributed by atoms with Crippen molar-refractivity contribution in [3.63, 3.8) is 0 Å². The fourth-order valence-corrected chi connectivity index (χ4v) is 3.12. The van der Waals surface area contributed by atoms with Crippen LogP contribution in [0, 0.1) is 0 Å². The zero-order chi connectivity index (χ0) is 17.6. The van der Waals surface area contributed by atoms with Gasteiger partial charge in [0.2, 0.25) is 5.16 Å². The van der Waals surface area contributed by atoms with E-state index in [0.717, 1.165) is 11.3 Å². The predicted octanol–water partition coefficient (Wildman–Crippen LogP) is 3.17. The Bertz CT molecular complexity index is 879. The monoisotopic (exact) mass is 373 g/mol. The fraction of sp³-hybridized carbons (Fsp3) is 0.125. The van der Waals surface area contributed by atoms with Crippen molar-refractivity contribution in [1.82, 2.24) is 19.9 Å². The summed E-state index contributed by atoms with van der Waals surface area (Å²) in [7, 11) is 0. The lowest BCUT2D eigenvalue weighted by atomic mass is 10.2. The first-order valence-corrected chi connectivity index (χ1v) is 8.80. The van der Waals surface area contributed by atoms with E-state index in [-0.39, 0.29) is 0 Å². The second kappa shape index (κ2) is 8.00. The fourth-order valence-electron chi connectivity index (χ4n) is 1.98. The van der Waals surface area contributed by atoms with E-state index in [9.17, 15) is 0 Å². The number of nitrogens with zero attached hydrogens (tertiary/aromatic N) is 5. The third kappa shape index (κ3) is 4.28. The molecule has 128 valence electrons. The van der Waals surface area contributed by atoms with Gasteiger partial charge in [0.25, 0.3) is 5.95 Å². The van der Waals surface area contributed by atoms with Gasteiger partial charge in [-0.25, -0.2) is 10.1 Å². The maximum Gasteiger partial charge on any atom is 0.264 e. The van der Waals surface area contributed by atoms with Crippen molar-refractivity contribution in [2.45, 2.75) is 17.8 Å². The van der Waals surface area contributed by atoms with E-state index in [2.05, 4.69) is 25.7 Å². The Morgan fingerprint density at radius 3 is 2.80 bits per heavy atom. The molecule has 0 amide bonds. The van der Waals surface area contributed by atoms with Crippen LogP contribution in [-0.2, 0) is 5.75 Å². The quantitative estimate of drug-likeness (QED) is 0.298. The number of nitrogens with two attached hydrogens (primary N) is 1. The first kappa shape index (κ1) is 17.2. The Hall–Kier alpha value is -2.58. The number of rotatable bonds is 6. The molecule has 2 aromatic heterocycles. The number of pyridine rings is 1. The normalized spacial score (nSPS) is 11.5. The van der Waals surface area contributed by atoms with Gasteiger partial charge in [0.05, 0.1) is 11.4 Å². The Kier molecular flexibility index (Phi) is 5.52. The lowest BCUT2D eigenvalue weighted by Gasteiger charge is -2.05. The van der Waals surface area contributed by atoms with Crippen LogP contribution in [0.5, 0.6) is 0 Å². The van der Waals surface area contributed by atoms with Crippen LogP contribution < -0.4 is 11.3 Å². The molecule has 1 aromatic carbocycles. The molecule has 2 heterocycles. The van der Waals surface area contributed by atoms with Crippen molar-refractivity contribution >= 4 is 35.0 Å². The Balaban J connectivity index is 1.66. The number of hydrazone groups is 1. The summed E-state index contributed by atoms with van der Waals surface area (Å²) in [4.78, 5) is 4.23. The van der Waals surface area contributed by atoms with Crippen LogP contribution in [0.4, 0.5) is 5.95 Å². The highest BCUT2D eigenvalue weighted by atomic mass is 35.5. The van der Waals surface area contributed by atoms with Gasteiger partial charge in [-0.3, -0.25) is 4.98 Å². The smallest absolute Gasteiger partial charge is 0.264 e. The Morgan fingerprint density at radius 1 is 1.24 bits per heavy atom. The summed E-state index contributed by atoms with van der Waals surface area (Å²) in [5.41, 5.74) is 5.31. The molecular weight excluding hydrogens is 358 g/mol. The summed E-state index contributed by atoms with van der Waals surface area (Å²) in [5.74, 6) is 7.01. The maximum atomic E-state index is 6.15. The van der Waals surface area contributed by atoms with E-state index < -0.39 is 0 Å². The number of benzene rings is 1. The van der Waals surface area contributed by atoms with Crippen LogP contribution in [0.3, 0.4) is 0 Å². The van der Waals surface area contributed by atoms with Crippen molar-refractivity contribution in [3.05, 3.63) is 64.9 Å². The summed E-state index contributed by atoms with van der Waals surface area (Å²) in [6.07, 6.45) is 1.71. The summed E-state index contributed by atoms with van der Waals surface area (Å²) >= 11 is 7.60. The number of hydrogen-bond acceptors (Lipinski definition) is 7. The molecule has 0 aliphatic heterocycles. The van der Waals surface area contributed by atoms with Crippen LogP contribution in [-0.4, -0.2) is 25.6 Å². The van der Waals surface area contributed by atoms with Gasteiger partial charge in [0.1, 0.15) is 0 Å². The van der Waals surface area contributed by atoms with Gasteiger partial charge in [0.15, 0.2) is 0 Å². The predicted molar refractivity (Wildman–Crippen MR) is 101 cm³/mol. The summed E-state index contributed by atoms with van der Waals surface area (Å²) in [5, 5.41) is 13.6. The lowest BCUT2D eigenvalue weighted by molar-refractivity contribution is 0.846. The highest BCUT2D eigenvalue weighted by molar-refractivity contribution is 7.98. The highest BCUT2D eigenvalue weighted by Gasteiger charge is 2.11. The standard InChI is InChI=1S/C16H16ClN7S/c1-11(14-8-4-5-9-19-14)20-21-15-22-23-16(24(15)18)25-10-12-6-2-3-7-13(12)17/h2-9H,10,18H2,1H3,(H,21,22)/b20-11+. The second-order valence-corrected chi connectivity index (χ2v) is 6.43. The molecule has 0 aliphatic rings. The summed E-state index contributed by atoms with van der Waals surface area (Å²) in [6, 6.07) is 13.3. The summed E-state index contributed by atoms with van der Waals surface area (Å²) < 4.78 is 1.36. The van der Waals surface area contributed by atoms with Gasteiger partial charge in [-0.2, -0.15) is 5.10 Å². The Labute approximate surface area is 154 Å². The van der Waals surface area contributed by atoms with Gasteiger partial charge in [-0.15, -0.1) is 10.2 Å². The number of nitrogen functional groups attached to an aromatic ring is 1. The van der Waals surface area contributed by atoms with Crippen LogP contribution in [0.1, 0.15) is 18.2 Å². The van der Waals surface area contributed by atoms with Crippen LogP contribution in [0.2, 0.25) is 5.02 Å². The van der Waals surface area contributed by atoms with Crippen molar-refractivity contribution in [2.75, 3.05) is 11.3 Å². The zero-order valence-corrected chi connectivity index (χ0v) is 15.0. The summed E-state index contributed by atoms with van der Waals surface area (Å²) in [6.45, 7) is 1.85. The number of aromatic nitrogens is 4. The molecule has 0 aliphatic carbocycles. The second-order valence-electron chi connectivity index (χ2n) is 5.08. The van der Waals surface area contributed by atoms with Crippen LogP contribution >= 0.6 is 23.4 Å². The SMILES string of the molecule is C/C(=N\Nc1nnc(SCc2ccccc2Cl)n1N)c1ccccn1. The molecule has 0 saturated heterocycles. The highest BCUT2D eigenvalue weighted by Crippen LogP contribution is 2.25. The van der Waals surface area contributed by atoms with Crippen LogP contribution in [0.25, 0.3) is 0 Å². The van der Waals surface area contributed by atoms with E-state index in [4.69, 9.17) is 17.4 Å². The first-order valence-electron chi connectivity index (χ1n) is 7.43. The number of anilines is 1. The molecule has 0 fully saturated rings. The molecular formula is C16H16ClN7S. The Morgan fingerprint density at radius 2 is 2.04 bits per heavy atom. The minimum atomic E-state index is 0.344. The molecule has 0 saturated carbocycles. The molecule has 0 spiro atoms. The third-order valence-corrected chi connectivity index (χ3v) is 4.70. The average Bonchev–Trinajstić information content (AvgIpc) is 2.99. The van der Waals surface area contributed by atoms with Gasteiger partial charge in [-0.05, 0) is 30.7 Å². The maximum absolute atomic E-state index is 6.15. The van der Waals surface area contributed by atoms with Crippen molar-refractivity contribution in [1.29, 1.82) is 0 Å². The third-order valence-electron chi connectivity index (χ3n) is 3.34. The first-order chi connectivity index (χ1) is 12.1. The molecule has 3 aromatic rings. The zero-order valence-electron chi connectivity index (χ0n) is 13.4. The minimum absolute atomic E-state index is 0.344. The lowest BCUT2D eigenvalue weighted by Crippen LogP contribution is -2.14. The molecule has 0 unspecified atom stereocenters. The molecule has 3 rings (SSSR count). The van der Waals surface area contributed by atoms with E-state index in [1.807, 2.05) is 49.4 Å². The number of nitrogens with one attached hydrogen (secondary N) is 1. The van der Waals surface area contributed by atoms with E-state index in [1.165, 1.54) is 16.4 Å². The minimum Gasteiger partial charge on any atom is -0.334 e. The average molecular weight is 374 g/mol. The van der Waals surface area contributed by atoms with Gasteiger partial charge >= 0.3 is 0 Å². The molecule has 3 N–H and O–H groups in total. The topological polar surface area (TPSA) is 94.0 Å². The van der Waals surface area contributed by atoms with Crippen molar-refractivity contribution < 1.29 is 0 Å². The van der Waals surface area contributed by atoms with E-state index in [0.29, 0.717) is 27.6 Å². The number of thioether (sulfide) groups is 1. The molecule has 0 atom stereocenters. The van der Waals surface area contributed by atoms with E-state index >= 15 is 0 Å². The van der Waals surface area contributed by atoms with Crippen molar-refractivity contribution in [3.8, 4) is 0 Å². The molecule has 9 heteroatoms. The molecule has 25 heavy (non-hydrogen) atoms. The van der Waals surface area contributed by atoms with E-state index in [1.54, 1.807) is 6.20 Å². The largest absolute Gasteiger partial charge is 0.334 e. The van der Waals surface area contributed by atoms with Crippen molar-refractivity contribution in [2.24, 2.45) is 5.10 Å².